The highest BCUT2D eigenvalue weighted by Gasteiger charge is 2.17. The van der Waals surface area contributed by atoms with Crippen LogP contribution in [0.15, 0.2) is 23.3 Å². The van der Waals surface area contributed by atoms with Gasteiger partial charge in [0.2, 0.25) is 0 Å². The molecule has 3 atom stereocenters. The molecule has 0 aromatic heterocycles. The fourth-order valence-corrected chi connectivity index (χ4v) is 3.12. The standard InChI is InChI=1S/C19H32O2/c1-6-15(4)16(5)10-14(3)11-17-8-9-18(12-17)13-19(20)21-7-2/h12-16H,6-11H2,1-5H3. The summed E-state index contributed by atoms with van der Waals surface area (Å²) in [4.78, 5) is 11.5. The van der Waals surface area contributed by atoms with Gasteiger partial charge < -0.3 is 4.74 Å². The topological polar surface area (TPSA) is 26.3 Å². The molecule has 0 saturated carbocycles. The van der Waals surface area contributed by atoms with Gasteiger partial charge in [0.15, 0.2) is 0 Å². The fraction of sp³-hybridized carbons (Fsp3) is 0.737. The highest BCUT2D eigenvalue weighted by atomic mass is 16.5. The number of hydrogen-bond donors (Lipinski definition) is 0. The molecule has 0 amide bonds. The van der Waals surface area contributed by atoms with Crippen molar-refractivity contribution in [3.63, 3.8) is 0 Å². The Morgan fingerprint density at radius 3 is 2.57 bits per heavy atom. The lowest BCUT2D eigenvalue weighted by Crippen LogP contribution is -2.11. The average molecular weight is 292 g/mol. The van der Waals surface area contributed by atoms with Gasteiger partial charge in [-0.2, -0.15) is 0 Å². The predicted octanol–water partition coefficient (Wildman–Crippen LogP) is 5.29. The maximum atomic E-state index is 11.5. The zero-order chi connectivity index (χ0) is 15.8. The molecule has 1 aliphatic rings. The Kier molecular flexibility index (Phi) is 7.77. The molecule has 0 spiro atoms. The van der Waals surface area contributed by atoms with Crippen molar-refractivity contribution in [1.29, 1.82) is 0 Å². The van der Waals surface area contributed by atoms with Crippen LogP contribution in [-0.2, 0) is 9.53 Å². The van der Waals surface area contributed by atoms with Crippen molar-refractivity contribution in [2.24, 2.45) is 17.8 Å². The van der Waals surface area contributed by atoms with E-state index < -0.39 is 0 Å². The molecule has 120 valence electrons. The maximum Gasteiger partial charge on any atom is 0.331 e. The quantitative estimate of drug-likeness (QED) is 0.448. The smallest absolute Gasteiger partial charge is 0.331 e. The summed E-state index contributed by atoms with van der Waals surface area (Å²) in [6, 6.07) is 0. The van der Waals surface area contributed by atoms with Gasteiger partial charge in [0.05, 0.1) is 6.61 Å². The Balaban J connectivity index is 2.47. The molecular formula is C19H32O2. The first-order valence-electron chi connectivity index (χ1n) is 8.52. The molecule has 21 heavy (non-hydrogen) atoms. The van der Waals surface area contributed by atoms with Crippen LogP contribution in [0.5, 0.6) is 0 Å². The molecule has 0 aromatic carbocycles. The molecule has 0 bridgehead atoms. The molecule has 0 saturated heterocycles. The van der Waals surface area contributed by atoms with Crippen molar-refractivity contribution in [2.45, 2.75) is 66.7 Å². The van der Waals surface area contributed by atoms with E-state index in [9.17, 15) is 4.79 Å². The van der Waals surface area contributed by atoms with Gasteiger partial charge in [-0.05, 0) is 55.9 Å². The zero-order valence-corrected chi connectivity index (χ0v) is 14.4. The van der Waals surface area contributed by atoms with Crippen LogP contribution in [0.2, 0.25) is 0 Å². The molecule has 3 unspecified atom stereocenters. The van der Waals surface area contributed by atoms with E-state index in [1.54, 1.807) is 6.08 Å². The van der Waals surface area contributed by atoms with Crippen molar-refractivity contribution in [3.8, 4) is 0 Å². The summed E-state index contributed by atoms with van der Waals surface area (Å²) in [5, 5.41) is 0. The van der Waals surface area contributed by atoms with Crippen LogP contribution in [0.3, 0.4) is 0 Å². The van der Waals surface area contributed by atoms with Gasteiger partial charge in [-0.1, -0.05) is 45.8 Å². The Bertz CT molecular complexity index is 392. The van der Waals surface area contributed by atoms with Gasteiger partial charge in [0.1, 0.15) is 0 Å². The van der Waals surface area contributed by atoms with E-state index in [1.165, 1.54) is 24.8 Å². The number of carbonyl (C=O) groups excluding carboxylic acids is 1. The Morgan fingerprint density at radius 2 is 1.95 bits per heavy atom. The monoisotopic (exact) mass is 292 g/mol. The Labute approximate surface area is 130 Å². The molecule has 0 fully saturated rings. The number of esters is 1. The molecule has 0 heterocycles. The normalized spacial score (nSPS) is 21.0. The van der Waals surface area contributed by atoms with Crippen LogP contribution in [0.4, 0.5) is 0 Å². The van der Waals surface area contributed by atoms with Crippen LogP contribution >= 0.6 is 0 Å². The summed E-state index contributed by atoms with van der Waals surface area (Å²) in [7, 11) is 0. The predicted molar refractivity (Wildman–Crippen MR) is 89.1 cm³/mol. The average Bonchev–Trinajstić information content (AvgIpc) is 2.84. The van der Waals surface area contributed by atoms with E-state index in [0.717, 1.165) is 36.2 Å². The lowest BCUT2D eigenvalue weighted by Gasteiger charge is -2.22. The number of rotatable bonds is 8. The SMILES string of the molecule is CCOC(=O)C=C1C=C(CC(C)CC(C)C(C)CC)CC1. The molecule has 2 nitrogen and oxygen atoms in total. The van der Waals surface area contributed by atoms with E-state index in [0.29, 0.717) is 6.61 Å². The molecule has 2 heteroatoms. The second-order valence-corrected chi connectivity index (χ2v) is 6.68. The van der Waals surface area contributed by atoms with E-state index in [-0.39, 0.29) is 5.97 Å². The van der Waals surface area contributed by atoms with Gasteiger partial charge >= 0.3 is 5.97 Å². The summed E-state index contributed by atoms with van der Waals surface area (Å²) in [5.74, 6) is 2.12. The van der Waals surface area contributed by atoms with Gasteiger partial charge in [-0.25, -0.2) is 4.79 Å². The van der Waals surface area contributed by atoms with Crippen molar-refractivity contribution >= 4 is 5.97 Å². The maximum absolute atomic E-state index is 11.5. The van der Waals surface area contributed by atoms with E-state index in [4.69, 9.17) is 4.74 Å². The first kappa shape index (κ1) is 18.0. The Morgan fingerprint density at radius 1 is 1.24 bits per heavy atom. The molecule has 1 aliphatic carbocycles. The lowest BCUT2D eigenvalue weighted by atomic mass is 9.84. The third-order valence-electron chi connectivity index (χ3n) is 4.71. The second-order valence-electron chi connectivity index (χ2n) is 6.68. The van der Waals surface area contributed by atoms with Crippen molar-refractivity contribution < 1.29 is 9.53 Å². The fourth-order valence-electron chi connectivity index (χ4n) is 3.12. The minimum absolute atomic E-state index is 0.205. The summed E-state index contributed by atoms with van der Waals surface area (Å²) < 4.78 is 4.97. The number of hydrogen-bond acceptors (Lipinski definition) is 2. The minimum atomic E-state index is -0.205. The van der Waals surface area contributed by atoms with Crippen LogP contribution in [0.25, 0.3) is 0 Å². The van der Waals surface area contributed by atoms with Gasteiger partial charge in [-0.3, -0.25) is 0 Å². The van der Waals surface area contributed by atoms with Crippen molar-refractivity contribution in [1.82, 2.24) is 0 Å². The summed E-state index contributed by atoms with van der Waals surface area (Å²) in [6.07, 6.45) is 9.69. The summed E-state index contributed by atoms with van der Waals surface area (Å²) >= 11 is 0. The molecule has 0 aromatic rings. The molecule has 0 radical (unpaired) electrons. The molecular weight excluding hydrogens is 260 g/mol. The minimum Gasteiger partial charge on any atom is -0.463 e. The molecule has 0 N–H and O–H groups in total. The largest absolute Gasteiger partial charge is 0.463 e. The third kappa shape index (κ3) is 6.50. The van der Waals surface area contributed by atoms with Gasteiger partial charge in [0.25, 0.3) is 0 Å². The molecule has 1 rings (SSSR count). The first-order chi connectivity index (χ1) is 9.96. The number of carbonyl (C=O) groups is 1. The van der Waals surface area contributed by atoms with E-state index >= 15 is 0 Å². The van der Waals surface area contributed by atoms with Crippen LogP contribution in [0.1, 0.15) is 66.7 Å². The van der Waals surface area contributed by atoms with Crippen molar-refractivity contribution in [2.75, 3.05) is 6.61 Å². The van der Waals surface area contributed by atoms with Gasteiger partial charge in [-0.15, -0.1) is 0 Å². The molecule has 0 aliphatic heterocycles. The zero-order valence-electron chi connectivity index (χ0n) is 14.4. The van der Waals surface area contributed by atoms with Crippen molar-refractivity contribution in [3.05, 3.63) is 23.3 Å². The Hall–Kier alpha value is -1.05. The lowest BCUT2D eigenvalue weighted by molar-refractivity contribution is -0.137. The summed E-state index contributed by atoms with van der Waals surface area (Å²) in [5.41, 5.74) is 2.63. The van der Waals surface area contributed by atoms with Gasteiger partial charge in [0, 0.05) is 6.08 Å². The number of ether oxygens (including phenoxy) is 1. The highest BCUT2D eigenvalue weighted by Crippen LogP contribution is 2.31. The van der Waals surface area contributed by atoms with Crippen LogP contribution in [0, 0.1) is 17.8 Å². The highest BCUT2D eigenvalue weighted by molar-refractivity contribution is 5.83. The first-order valence-corrected chi connectivity index (χ1v) is 8.52. The van der Waals surface area contributed by atoms with E-state index in [2.05, 4.69) is 33.8 Å². The van der Waals surface area contributed by atoms with Crippen LogP contribution < -0.4 is 0 Å². The van der Waals surface area contributed by atoms with E-state index in [1.807, 2.05) is 6.92 Å². The number of allylic oxidation sites excluding steroid dienone is 3. The third-order valence-corrected chi connectivity index (χ3v) is 4.71. The van der Waals surface area contributed by atoms with Crippen LogP contribution in [-0.4, -0.2) is 12.6 Å². The summed E-state index contributed by atoms with van der Waals surface area (Å²) in [6.45, 7) is 11.6. The second kappa shape index (κ2) is 9.07.